The summed E-state index contributed by atoms with van der Waals surface area (Å²) in [5, 5.41) is 0. The number of aromatic nitrogens is 1. The Labute approximate surface area is 189 Å². The molecule has 1 amide bonds. The Kier molecular flexibility index (Phi) is 7.10. The fourth-order valence-electron chi connectivity index (χ4n) is 3.09. The zero-order valence-electron chi connectivity index (χ0n) is 17.1. The van der Waals surface area contributed by atoms with E-state index in [1.165, 1.54) is 30.5 Å². The van der Waals surface area contributed by atoms with Gasteiger partial charge in [-0.3, -0.25) is 4.79 Å². The number of carbonyl (C=O) groups excluding carboxylic acids is 1. The van der Waals surface area contributed by atoms with Crippen LogP contribution < -0.4 is 4.74 Å². The third-order valence-corrected chi connectivity index (χ3v) is 6.26. The molecule has 0 spiro atoms. The summed E-state index contributed by atoms with van der Waals surface area (Å²) in [5.41, 5.74) is 0.474. The highest BCUT2D eigenvalue weighted by Gasteiger charge is 2.29. The molecule has 0 saturated heterocycles. The van der Waals surface area contributed by atoms with Crippen molar-refractivity contribution < 1.29 is 26.7 Å². The van der Waals surface area contributed by atoms with Gasteiger partial charge in [0.15, 0.2) is 0 Å². The van der Waals surface area contributed by atoms with E-state index >= 15 is 0 Å². The predicted molar refractivity (Wildman–Crippen MR) is 117 cm³/mol. The van der Waals surface area contributed by atoms with Gasteiger partial charge >= 0.3 is 0 Å². The fraction of sp³-hybridized carbons (Fsp3) is 0.182. The summed E-state index contributed by atoms with van der Waals surface area (Å²) in [6.07, 6.45) is 2.20. The quantitative estimate of drug-likeness (QED) is 0.439. The molecular weight excluding hydrogens is 462 g/mol. The first kappa shape index (κ1) is 23.6. The first-order valence-corrected chi connectivity index (χ1v) is 11.7. The molecule has 0 fully saturated rings. The Morgan fingerprint density at radius 1 is 1.09 bits per heavy atom. The number of pyridine rings is 1. The number of hydrogen-bond donors (Lipinski definition) is 0. The van der Waals surface area contributed by atoms with Crippen LogP contribution in [0.5, 0.6) is 5.88 Å². The minimum atomic E-state index is -4.13. The van der Waals surface area contributed by atoms with Crippen molar-refractivity contribution in [2.45, 2.75) is 19.4 Å². The molecule has 0 aliphatic rings. The number of carbonyl (C=O) groups is 1. The van der Waals surface area contributed by atoms with E-state index in [9.17, 15) is 22.0 Å². The molecule has 0 radical (unpaired) electrons. The monoisotopic (exact) mass is 480 g/mol. The number of sulfonamides is 1. The highest BCUT2D eigenvalue weighted by Crippen LogP contribution is 2.36. The average Bonchev–Trinajstić information content (AvgIpc) is 2.76. The standard InChI is InChI=1S/C22H19ClF2N2O4S/c1-3-19(14-9-11-15(24)12-10-14)31-21-17(7-5-13-26-21)16-6-4-8-18(25)20(16)22(28)27(23)32(2,29)30/h4-13,19H,3H2,1-2H3/t19-/m0/s1. The van der Waals surface area contributed by atoms with Gasteiger partial charge in [-0.2, -0.15) is 0 Å². The Balaban J connectivity index is 2.08. The lowest BCUT2D eigenvalue weighted by atomic mass is 9.99. The van der Waals surface area contributed by atoms with Gasteiger partial charge in [0.25, 0.3) is 5.91 Å². The minimum absolute atomic E-state index is 0.0425. The van der Waals surface area contributed by atoms with Crippen LogP contribution in [0.4, 0.5) is 8.78 Å². The van der Waals surface area contributed by atoms with Gasteiger partial charge in [-0.05, 0) is 42.3 Å². The summed E-state index contributed by atoms with van der Waals surface area (Å²) in [6.45, 7) is 1.87. The van der Waals surface area contributed by atoms with E-state index in [0.717, 1.165) is 12.3 Å². The maximum Gasteiger partial charge on any atom is 0.286 e. The van der Waals surface area contributed by atoms with Crippen LogP contribution in [0.1, 0.15) is 35.4 Å². The van der Waals surface area contributed by atoms with Crippen molar-refractivity contribution in [2.75, 3.05) is 6.26 Å². The molecular formula is C22H19ClF2N2O4S. The summed E-state index contributed by atoms with van der Waals surface area (Å²) in [5.74, 6) is -2.50. The van der Waals surface area contributed by atoms with E-state index in [4.69, 9.17) is 16.5 Å². The van der Waals surface area contributed by atoms with Crippen LogP contribution in [0.15, 0.2) is 60.8 Å². The third-order valence-electron chi connectivity index (χ3n) is 4.61. The largest absolute Gasteiger partial charge is 0.469 e. The van der Waals surface area contributed by atoms with Gasteiger partial charge in [-0.15, -0.1) is 3.82 Å². The third kappa shape index (κ3) is 5.05. The molecule has 0 aliphatic heterocycles. The highest BCUT2D eigenvalue weighted by molar-refractivity contribution is 7.89. The summed E-state index contributed by atoms with van der Waals surface area (Å²) < 4.78 is 57.4. The van der Waals surface area contributed by atoms with Gasteiger partial charge in [0.1, 0.15) is 17.7 Å². The Bertz CT molecular complexity index is 1240. The van der Waals surface area contributed by atoms with E-state index in [0.29, 0.717) is 12.0 Å². The Hall–Kier alpha value is -3.04. The summed E-state index contributed by atoms with van der Waals surface area (Å²) in [7, 11) is -4.13. The van der Waals surface area contributed by atoms with Crippen molar-refractivity contribution in [2.24, 2.45) is 0 Å². The van der Waals surface area contributed by atoms with Gasteiger partial charge in [0.2, 0.25) is 15.9 Å². The number of benzene rings is 2. The molecule has 6 nitrogen and oxygen atoms in total. The van der Waals surface area contributed by atoms with E-state index in [-0.39, 0.29) is 26.6 Å². The minimum Gasteiger partial charge on any atom is -0.469 e. The topological polar surface area (TPSA) is 76.6 Å². The van der Waals surface area contributed by atoms with Crippen LogP contribution in [-0.2, 0) is 10.0 Å². The van der Waals surface area contributed by atoms with Crippen molar-refractivity contribution in [1.82, 2.24) is 8.81 Å². The van der Waals surface area contributed by atoms with Gasteiger partial charge in [0, 0.05) is 29.1 Å². The lowest BCUT2D eigenvalue weighted by Gasteiger charge is -2.20. The second-order valence-corrected chi connectivity index (χ2v) is 9.24. The molecule has 1 aromatic heterocycles. The number of hydrogen-bond acceptors (Lipinski definition) is 5. The van der Waals surface area contributed by atoms with E-state index < -0.39 is 33.4 Å². The number of halogens is 3. The Morgan fingerprint density at radius 2 is 1.75 bits per heavy atom. The summed E-state index contributed by atoms with van der Waals surface area (Å²) in [6, 6.07) is 12.7. The van der Waals surface area contributed by atoms with Crippen LogP contribution in [0.25, 0.3) is 11.1 Å². The van der Waals surface area contributed by atoms with E-state index in [1.54, 1.807) is 24.3 Å². The Morgan fingerprint density at radius 3 is 2.38 bits per heavy atom. The molecule has 168 valence electrons. The van der Waals surface area contributed by atoms with Crippen LogP contribution in [0.3, 0.4) is 0 Å². The first-order valence-electron chi connectivity index (χ1n) is 9.50. The van der Waals surface area contributed by atoms with Crippen molar-refractivity contribution in [3.63, 3.8) is 0 Å². The molecule has 1 atom stereocenters. The van der Waals surface area contributed by atoms with Crippen molar-refractivity contribution in [3.05, 3.63) is 83.6 Å². The molecule has 2 aromatic carbocycles. The first-order chi connectivity index (χ1) is 15.1. The maximum absolute atomic E-state index is 14.7. The van der Waals surface area contributed by atoms with Crippen LogP contribution in [0.2, 0.25) is 0 Å². The van der Waals surface area contributed by atoms with Gasteiger partial charge < -0.3 is 4.74 Å². The molecule has 0 bridgehead atoms. The highest BCUT2D eigenvalue weighted by atomic mass is 35.5. The van der Waals surface area contributed by atoms with Gasteiger partial charge in [-0.1, -0.05) is 31.2 Å². The molecule has 0 saturated carbocycles. The number of amides is 1. The van der Waals surface area contributed by atoms with Gasteiger partial charge in [-0.25, -0.2) is 22.2 Å². The molecule has 0 unspecified atom stereocenters. The number of nitrogens with zero attached hydrogens (tertiary/aromatic N) is 2. The van der Waals surface area contributed by atoms with Crippen molar-refractivity contribution in [3.8, 4) is 17.0 Å². The molecule has 3 rings (SSSR count). The molecule has 1 heterocycles. The SMILES string of the molecule is CC[C@H](Oc1ncccc1-c1cccc(F)c1C(=O)N(Cl)S(C)(=O)=O)c1ccc(F)cc1. The predicted octanol–water partition coefficient (Wildman–Crippen LogP) is 5.11. The average molecular weight is 481 g/mol. The number of rotatable bonds is 7. The zero-order valence-corrected chi connectivity index (χ0v) is 18.7. The van der Waals surface area contributed by atoms with E-state index in [1.807, 2.05) is 6.92 Å². The summed E-state index contributed by atoms with van der Waals surface area (Å²) in [4.78, 5) is 16.9. The van der Waals surface area contributed by atoms with Crippen LogP contribution >= 0.6 is 11.8 Å². The second kappa shape index (κ2) is 9.62. The lowest BCUT2D eigenvalue weighted by molar-refractivity contribution is 0.0920. The van der Waals surface area contributed by atoms with E-state index in [2.05, 4.69) is 4.98 Å². The summed E-state index contributed by atoms with van der Waals surface area (Å²) >= 11 is 5.66. The molecule has 0 N–H and O–H groups in total. The van der Waals surface area contributed by atoms with Crippen LogP contribution in [-0.4, -0.2) is 29.4 Å². The lowest BCUT2D eigenvalue weighted by Crippen LogP contribution is -2.28. The van der Waals surface area contributed by atoms with Gasteiger partial charge in [0.05, 0.1) is 11.8 Å². The second-order valence-electron chi connectivity index (χ2n) is 6.87. The normalized spacial score (nSPS) is 12.3. The van der Waals surface area contributed by atoms with Crippen molar-refractivity contribution >= 4 is 27.7 Å². The van der Waals surface area contributed by atoms with Crippen molar-refractivity contribution in [1.29, 1.82) is 0 Å². The number of ether oxygens (including phenoxy) is 1. The molecule has 0 aliphatic carbocycles. The fourth-order valence-corrected chi connectivity index (χ4v) is 3.57. The molecule has 3 aromatic rings. The maximum atomic E-state index is 14.7. The smallest absolute Gasteiger partial charge is 0.286 e. The zero-order chi connectivity index (χ0) is 23.5. The molecule has 32 heavy (non-hydrogen) atoms. The molecule has 10 heteroatoms. The van der Waals surface area contributed by atoms with Crippen LogP contribution in [0, 0.1) is 11.6 Å².